The molecule has 164 valence electrons. The second-order valence-electron chi connectivity index (χ2n) is 8.33. The Kier molecular flexibility index (Phi) is 6.30. The van der Waals surface area contributed by atoms with Gasteiger partial charge in [0.05, 0.1) is 20.0 Å². The summed E-state index contributed by atoms with van der Waals surface area (Å²) in [5.41, 5.74) is 1.28. The monoisotopic (exact) mass is 429 g/mol. The van der Waals surface area contributed by atoms with Crippen LogP contribution in [-0.4, -0.2) is 37.3 Å². The number of terminal acetylenes is 1. The van der Waals surface area contributed by atoms with E-state index < -0.39 is 5.60 Å². The second kappa shape index (κ2) is 9.30. The Balaban J connectivity index is 1.67. The lowest BCUT2D eigenvalue weighted by molar-refractivity contribution is 0.0410. The van der Waals surface area contributed by atoms with Gasteiger partial charge < -0.3 is 19.7 Å². The molecule has 2 aromatic heterocycles. The standard InChI is InChI=1S/C25H27N5O2/c1-4-13-30-17-27-22-23(26-16-19-8-5-9-20(14-19)32-3)28-21(29-24(22)30)10-12-25(31)11-6-7-18(2)15-25/h1,5,8-9,14,17-18,31H,6-7,11,13,15-16H2,2-3H3,(H,26,28,29). The normalized spacial score (nSPS) is 20.2. The Hall–Kier alpha value is -3.55. The van der Waals surface area contributed by atoms with Crippen molar-refractivity contribution in [3.05, 3.63) is 42.0 Å². The number of aromatic nitrogens is 4. The highest BCUT2D eigenvalue weighted by atomic mass is 16.5. The van der Waals surface area contributed by atoms with E-state index in [0.29, 0.717) is 54.7 Å². The predicted octanol–water partition coefficient (Wildman–Crippen LogP) is 3.37. The van der Waals surface area contributed by atoms with E-state index in [4.69, 9.17) is 11.2 Å². The van der Waals surface area contributed by atoms with E-state index in [2.05, 4.69) is 45.0 Å². The minimum atomic E-state index is -0.997. The molecule has 0 bridgehead atoms. The van der Waals surface area contributed by atoms with E-state index in [1.807, 2.05) is 24.3 Å². The molecule has 0 saturated heterocycles. The van der Waals surface area contributed by atoms with E-state index in [1.54, 1.807) is 18.0 Å². The van der Waals surface area contributed by atoms with Crippen molar-refractivity contribution < 1.29 is 9.84 Å². The van der Waals surface area contributed by atoms with Gasteiger partial charge in [-0.25, -0.2) is 15.0 Å². The Morgan fingerprint density at radius 1 is 1.38 bits per heavy atom. The van der Waals surface area contributed by atoms with Crippen LogP contribution in [-0.2, 0) is 13.1 Å². The van der Waals surface area contributed by atoms with Crippen molar-refractivity contribution in [2.45, 2.75) is 51.3 Å². The molecule has 1 fully saturated rings. The number of imidazole rings is 1. The topological polar surface area (TPSA) is 85.1 Å². The largest absolute Gasteiger partial charge is 0.497 e. The fourth-order valence-corrected chi connectivity index (χ4v) is 4.12. The smallest absolute Gasteiger partial charge is 0.209 e. The van der Waals surface area contributed by atoms with Gasteiger partial charge in [0.2, 0.25) is 5.82 Å². The number of rotatable bonds is 5. The molecule has 3 aromatic rings. The van der Waals surface area contributed by atoms with E-state index in [0.717, 1.165) is 24.2 Å². The van der Waals surface area contributed by atoms with Crippen LogP contribution in [0, 0.1) is 30.1 Å². The quantitative estimate of drug-likeness (QED) is 0.605. The minimum Gasteiger partial charge on any atom is -0.497 e. The zero-order valence-corrected chi connectivity index (χ0v) is 18.4. The maximum atomic E-state index is 10.9. The molecule has 0 spiro atoms. The fraction of sp³-hybridized carbons (Fsp3) is 0.400. The van der Waals surface area contributed by atoms with E-state index in [1.165, 1.54) is 0 Å². The zero-order chi connectivity index (χ0) is 22.6. The zero-order valence-electron chi connectivity index (χ0n) is 18.4. The molecule has 2 atom stereocenters. The van der Waals surface area contributed by atoms with Crippen LogP contribution in [0.4, 0.5) is 5.82 Å². The maximum Gasteiger partial charge on any atom is 0.209 e. The molecule has 2 heterocycles. The van der Waals surface area contributed by atoms with Gasteiger partial charge in [0.15, 0.2) is 17.0 Å². The van der Waals surface area contributed by atoms with Crippen LogP contribution >= 0.6 is 0 Å². The molecule has 1 saturated carbocycles. The molecule has 7 heteroatoms. The van der Waals surface area contributed by atoms with Gasteiger partial charge in [0, 0.05) is 6.54 Å². The first kappa shape index (κ1) is 21.7. The summed E-state index contributed by atoms with van der Waals surface area (Å²) in [6, 6.07) is 7.81. The summed E-state index contributed by atoms with van der Waals surface area (Å²) >= 11 is 0. The number of hydrogen-bond donors (Lipinski definition) is 2. The molecule has 32 heavy (non-hydrogen) atoms. The Morgan fingerprint density at radius 2 is 2.25 bits per heavy atom. The Bertz CT molecular complexity index is 1220. The first-order chi connectivity index (χ1) is 15.5. The highest BCUT2D eigenvalue weighted by Gasteiger charge is 2.30. The second-order valence-corrected chi connectivity index (χ2v) is 8.33. The average molecular weight is 430 g/mol. The number of fused-ring (bicyclic) bond motifs is 1. The van der Waals surface area contributed by atoms with Crippen LogP contribution in [0.2, 0.25) is 0 Å². The van der Waals surface area contributed by atoms with Crippen LogP contribution in [0.3, 0.4) is 0 Å². The Morgan fingerprint density at radius 3 is 3.03 bits per heavy atom. The number of methoxy groups -OCH3 is 1. The number of nitrogens with zero attached hydrogens (tertiary/aromatic N) is 4. The van der Waals surface area contributed by atoms with Gasteiger partial charge in [-0.2, -0.15) is 0 Å². The molecular weight excluding hydrogens is 402 g/mol. The third-order valence-electron chi connectivity index (χ3n) is 5.70. The van der Waals surface area contributed by atoms with Gasteiger partial charge >= 0.3 is 0 Å². The fourth-order valence-electron chi connectivity index (χ4n) is 4.12. The lowest BCUT2D eigenvalue weighted by Crippen LogP contribution is -2.32. The molecule has 1 aliphatic carbocycles. The van der Waals surface area contributed by atoms with E-state index in [9.17, 15) is 5.11 Å². The molecule has 0 amide bonds. The molecule has 1 aromatic carbocycles. The maximum absolute atomic E-state index is 10.9. The molecular formula is C25H27N5O2. The molecule has 4 rings (SSSR count). The third kappa shape index (κ3) is 4.85. The number of anilines is 1. The summed E-state index contributed by atoms with van der Waals surface area (Å²) in [6.07, 6.45) is 10.6. The van der Waals surface area contributed by atoms with Crippen LogP contribution in [0.15, 0.2) is 30.6 Å². The first-order valence-electron chi connectivity index (χ1n) is 10.8. The Labute approximate surface area is 188 Å². The summed E-state index contributed by atoms with van der Waals surface area (Å²) in [5, 5.41) is 14.2. The van der Waals surface area contributed by atoms with Crippen molar-refractivity contribution in [2.75, 3.05) is 12.4 Å². The van der Waals surface area contributed by atoms with Gasteiger partial charge in [-0.1, -0.05) is 37.3 Å². The van der Waals surface area contributed by atoms with Gasteiger partial charge in [0.1, 0.15) is 11.4 Å². The van der Waals surface area contributed by atoms with Gasteiger partial charge in [-0.05, 0) is 48.8 Å². The summed E-state index contributed by atoms with van der Waals surface area (Å²) in [7, 11) is 1.64. The average Bonchev–Trinajstić information content (AvgIpc) is 3.19. The molecule has 0 aliphatic heterocycles. The molecule has 1 aliphatic rings. The summed E-state index contributed by atoms with van der Waals surface area (Å²) in [5.74, 6) is 10.8. The first-order valence-corrected chi connectivity index (χ1v) is 10.8. The highest BCUT2D eigenvalue weighted by molar-refractivity contribution is 5.83. The van der Waals surface area contributed by atoms with Crippen molar-refractivity contribution in [2.24, 2.45) is 5.92 Å². The van der Waals surface area contributed by atoms with Crippen molar-refractivity contribution in [3.8, 4) is 29.9 Å². The summed E-state index contributed by atoms with van der Waals surface area (Å²) in [4.78, 5) is 13.6. The van der Waals surface area contributed by atoms with Crippen LogP contribution in [0.1, 0.15) is 44.0 Å². The molecule has 0 radical (unpaired) electrons. The number of nitrogens with one attached hydrogen (secondary N) is 1. The number of aliphatic hydroxyl groups is 1. The molecule has 2 N–H and O–H groups in total. The summed E-state index contributed by atoms with van der Waals surface area (Å²) < 4.78 is 7.09. The van der Waals surface area contributed by atoms with Crippen molar-refractivity contribution >= 4 is 17.0 Å². The van der Waals surface area contributed by atoms with Crippen molar-refractivity contribution in [1.29, 1.82) is 0 Å². The lowest BCUT2D eigenvalue weighted by Gasteiger charge is -2.30. The van der Waals surface area contributed by atoms with Crippen LogP contribution < -0.4 is 10.1 Å². The van der Waals surface area contributed by atoms with Gasteiger partial charge in [-0.15, -0.1) is 6.42 Å². The van der Waals surface area contributed by atoms with Crippen LogP contribution in [0.5, 0.6) is 5.75 Å². The van der Waals surface area contributed by atoms with E-state index >= 15 is 0 Å². The van der Waals surface area contributed by atoms with Gasteiger partial charge in [0.25, 0.3) is 0 Å². The third-order valence-corrected chi connectivity index (χ3v) is 5.70. The molecule has 7 nitrogen and oxygen atoms in total. The van der Waals surface area contributed by atoms with Gasteiger partial charge in [-0.3, -0.25) is 0 Å². The van der Waals surface area contributed by atoms with E-state index in [-0.39, 0.29) is 0 Å². The predicted molar refractivity (Wildman–Crippen MR) is 124 cm³/mol. The summed E-state index contributed by atoms with van der Waals surface area (Å²) in [6.45, 7) is 3.02. The number of hydrogen-bond acceptors (Lipinski definition) is 6. The van der Waals surface area contributed by atoms with Crippen molar-refractivity contribution in [1.82, 2.24) is 19.5 Å². The number of ether oxygens (including phenoxy) is 1. The number of benzene rings is 1. The van der Waals surface area contributed by atoms with Crippen molar-refractivity contribution in [3.63, 3.8) is 0 Å². The SMILES string of the molecule is C#CCn1cnc2c(NCc3cccc(OC)c3)nc(C#CC3(O)CCCC(C)C3)nc21. The van der Waals surface area contributed by atoms with Crippen LogP contribution in [0.25, 0.3) is 11.2 Å². The molecule has 2 unspecified atom stereocenters. The lowest BCUT2D eigenvalue weighted by atomic mass is 9.79. The highest BCUT2D eigenvalue weighted by Crippen LogP contribution is 2.31. The minimum absolute atomic E-state index is 0.330.